The molecule has 286 valence electrons. The molecule has 0 fully saturated rings. The van der Waals surface area contributed by atoms with E-state index >= 15 is 0 Å². The van der Waals surface area contributed by atoms with Crippen LogP contribution >= 0.6 is 0 Å². The van der Waals surface area contributed by atoms with E-state index < -0.39 is 0 Å². The summed E-state index contributed by atoms with van der Waals surface area (Å²) in [5.74, 6) is 0. The molecule has 0 N–H and O–H groups in total. The third kappa shape index (κ3) is 5.10. The summed E-state index contributed by atoms with van der Waals surface area (Å²) in [6.07, 6.45) is 0. The van der Waals surface area contributed by atoms with Gasteiger partial charge in [0.1, 0.15) is 0 Å². The number of fused-ring (bicyclic) bond motifs is 10. The van der Waals surface area contributed by atoms with E-state index in [0.29, 0.717) is 0 Å². The molecule has 9 aromatic rings. The third-order valence-corrected chi connectivity index (χ3v) is 13.8. The SMILES string of the molecule is CC(C)(C)c1ccc(N(c2ccc3c(c2)-c2ccc4ccccc4c2C3(C)C)c2ccc3ccccc3c2-c2cccc3c2-c2ccccc2C3(C)C)c2ccccc12. The van der Waals surface area contributed by atoms with E-state index in [0.717, 1.165) is 5.69 Å². The Morgan fingerprint density at radius 3 is 1.76 bits per heavy atom. The molecule has 59 heavy (non-hydrogen) atoms. The van der Waals surface area contributed by atoms with Crippen LogP contribution in [-0.4, -0.2) is 0 Å². The van der Waals surface area contributed by atoms with Crippen LogP contribution in [0.2, 0.25) is 0 Å². The number of nitrogens with zero attached hydrogens (tertiary/aromatic N) is 1. The standard InChI is InChI=1S/C58H49N/c1-56(2,3)47-32-34-51(42-22-13-12-21-41(42)47)59(38-29-31-49-46(35-38)43-30-27-37-18-9-11-20-40(37)55(43)58(49,6)7)52-33-28-36-17-8-10-19-39(36)54(52)45-24-16-26-50-53(45)44-23-14-15-25-48(44)57(50,4)5/h8-35H,1-7H3. The number of hydrogen-bond acceptors (Lipinski definition) is 1. The van der Waals surface area contributed by atoms with Crippen molar-refractivity contribution in [1.29, 1.82) is 0 Å². The summed E-state index contributed by atoms with van der Waals surface area (Å²) in [6, 6.07) is 64.3. The molecule has 0 atom stereocenters. The van der Waals surface area contributed by atoms with Crippen molar-refractivity contribution in [2.45, 2.75) is 64.7 Å². The lowest BCUT2D eigenvalue weighted by molar-refractivity contribution is 0.596. The average Bonchev–Trinajstić information content (AvgIpc) is 3.63. The first-order chi connectivity index (χ1) is 28.4. The van der Waals surface area contributed by atoms with E-state index in [1.807, 2.05) is 0 Å². The van der Waals surface area contributed by atoms with E-state index in [9.17, 15) is 0 Å². The van der Waals surface area contributed by atoms with Crippen molar-refractivity contribution >= 4 is 49.4 Å². The molecule has 0 spiro atoms. The van der Waals surface area contributed by atoms with Gasteiger partial charge in [-0.05, 0) is 112 Å². The molecule has 0 heterocycles. The van der Waals surface area contributed by atoms with Gasteiger partial charge in [0, 0.05) is 27.5 Å². The maximum Gasteiger partial charge on any atom is 0.0546 e. The Bertz CT molecular complexity index is 3210. The molecule has 1 nitrogen and oxygen atoms in total. The van der Waals surface area contributed by atoms with Gasteiger partial charge in [0.2, 0.25) is 0 Å². The maximum atomic E-state index is 2.58. The molecule has 9 aromatic carbocycles. The molecular formula is C58H49N. The Balaban J connectivity index is 1.25. The lowest BCUT2D eigenvalue weighted by atomic mass is 9.80. The zero-order valence-electron chi connectivity index (χ0n) is 35.1. The fourth-order valence-corrected chi connectivity index (χ4v) is 11.0. The minimum Gasteiger partial charge on any atom is -0.309 e. The Hall–Kier alpha value is -6.44. The summed E-state index contributed by atoms with van der Waals surface area (Å²) in [6.45, 7) is 16.5. The van der Waals surface area contributed by atoms with Gasteiger partial charge in [-0.2, -0.15) is 0 Å². The second-order valence-electron chi connectivity index (χ2n) is 18.9. The fraction of sp³-hybridized carbons (Fsp3) is 0.172. The molecule has 0 radical (unpaired) electrons. The largest absolute Gasteiger partial charge is 0.309 e. The van der Waals surface area contributed by atoms with Crippen LogP contribution in [-0.2, 0) is 16.2 Å². The van der Waals surface area contributed by atoms with Crippen molar-refractivity contribution in [3.05, 3.63) is 198 Å². The van der Waals surface area contributed by atoms with Crippen molar-refractivity contribution in [3.8, 4) is 33.4 Å². The topological polar surface area (TPSA) is 3.24 Å². The van der Waals surface area contributed by atoms with Crippen LogP contribution in [0.25, 0.3) is 65.7 Å². The van der Waals surface area contributed by atoms with Gasteiger partial charge in [-0.15, -0.1) is 0 Å². The number of anilines is 3. The first kappa shape index (κ1) is 35.7. The Labute approximate surface area is 348 Å². The summed E-state index contributed by atoms with van der Waals surface area (Å²) in [5, 5.41) is 7.65. The van der Waals surface area contributed by atoms with Gasteiger partial charge in [-0.1, -0.05) is 194 Å². The summed E-state index contributed by atoms with van der Waals surface area (Å²) >= 11 is 0. The van der Waals surface area contributed by atoms with Crippen LogP contribution in [0.15, 0.2) is 170 Å². The molecule has 2 aliphatic rings. The Morgan fingerprint density at radius 2 is 0.983 bits per heavy atom. The summed E-state index contributed by atoms with van der Waals surface area (Å²) < 4.78 is 0. The molecule has 0 amide bonds. The quantitative estimate of drug-likeness (QED) is 0.173. The minimum atomic E-state index is -0.144. The Morgan fingerprint density at radius 1 is 0.390 bits per heavy atom. The van der Waals surface area contributed by atoms with E-state index in [2.05, 4.69) is 223 Å². The first-order valence-corrected chi connectivity index (χ1v) is 21.2. The van der Waals surface area contributed by atoms with Gasteiger partial charge in [0.15, 0.2) is 0 Å². The molecular weight excluding hydrogens is 711 g/mol. The van der Waals surface area contributed by atoms with Crippen LogP contribution in [0, 0.1) is 0 Å². The van der Waals surface area contributed by atoms with E-state index in [-0.39, 0.29) is 16.2 Å². The van der Waals surface area contributed by atoms with Gasteiger partial charge in [0.25, 0.3) is 0 Å². The highest BCUT2D eigenvalue weighted by Crippen LogP contribution is 2.57. The van der Waals surface area contributed by atoms with E-state index in [1.165, 1.54) is 105 Å². The van der Waals surface area contributed by atoms with Gasteiger partial charge in [-0.3, -0.25) is 0 Å². The number of benzene rings is 9. The molecule has 0 aromatic heterocycles. The van der Waals surface area contributed by atoms with Crippen molar-refractivity contribution in [2.24, 2.45) is 0 Å². The smallest absolute Gasteiger partial charge is 0.0546 e. The highest BCUT2D eigenvalue weighted by atomic mass is 15.1. The predicted octanol–water partition coefficient (Wildman–Crippen LogP) is 16.2. The van der Waals surface area contributed by atoms with Crippen LogP contribution < -0.4 is 4.90 Å². The molecule has 0 saturated heterocycles. The third-order valence-electron chi connectivity index (χ3n) is 13.8. The highest BCUT2D eigenvalue weighted by molar-refractivity contribution is 6.12. The van der Waals surface area contributed by atoms with Crippen molar-refractivity contribution < 1.29 is 0 Å². The zero-order valence-corrected chi connectivity index (χ0v) is 35.1. The molecule has 0 saturated carbocycles. The minimum absolute atomic E-state index is 0.0203. The van der Waals surface area contributed by atoms with Crippen LogP contribution in [0.3, 0.4) is 0 Å². The van der Waals surface area contributed by atoms with Crippen LogP contribution in [0.4, 0.5) is 17.1 Å². The van der Waals surface area contributed by atoms with Crippen molar-refractivity contribution in [1.82, 2.24) is 0 Å². The maximum absolute atomic E-state index is 2.58. The normalized spacial score (nSPS) is 14.6. The van der Waals surface area contributed by atoms with E-state index in [4.69, 9.17) is 0 Å². The van der Waals surface area contributed by atoms with Gasteiger partial charge in [0.05, 0.1) is 11.4 Å². The van der Waals surface area contributed by atoms with Crippen LogP contribution in [0.1, 0.15) is 76.3 Å². The van der Waals surface area contributed by atoms with Crippen molar-refractivity contribution in [3.63, 3.8) is 0 Å². The number of hydrogen-bond donors (Lipinski definition) is 0. The van der Waals surface area contributed by atoms with Gasteiger partial charge < -0.3 is 4.90 Å². The molecule has 11 rings (SSSR count). The molecule has 0 unspecified atom stereocenters. The molecule has 0 aliphatic heterocycles. The van der Waals surface area contributed by atoms with Crippen LogP contribution in [0.5, 0.6) is 0 Å². The summed E-state index contributed by atoms with van der Waals surface area (Å²) in [4.78, 5) is 2.58. The molecule has 1 heteroatoms. The number of rotatable bonds is 4. The first-order valence-electron chi connectivity index (χ1n) is 21.2. The highest BCUT2D eigenvalue weighted by Gasteiger charge is 2.39. The van der Waals surface area contributed by atoms with Crippen molar-refractivity contribution in [2.75, 3.05) is 4.90 Å². The van der Waals surface area contributed by atoms with E-state index in [1.54, 1.807) is 0 Å². The summed E-state index contributed by atoms with van der Waals surface area (Å²) in [7, 11) is 0. The lowest BCUT2D eigenvalue weighted by Crippen LogP contribution is -2.17. The average molecular weight is 760 g/mol. The monoisotopic (exact) mass is 759 g/mol. The molecule has 2 aliphatic carbocycles. The fourth-order valence-electron chi connectivity index (χ4n) is 11.0. The lowest BCUT2D eigenvalue weighted by Gasteiger charge is -2.32. The zero-order chi connectivity index (χ0) is 40.4. The summed E-state index contributed by atoms with van der Waals surface area (Å²) in [5.41, 5.74) is 18.0. The second kappa shape index (κ2) is 12.5. The predicted molar refractivity (Wildman–Crippen MR) is 253 cm³/mol. The Kier molecular flexibility index (Phi) is 7.58. The van der Waals surface area contributed by atoms with Gasteiger partial charge in [-0.25, -0.2) is 0 Å². The molecule has 0 bridgehead atoms. The second-order valence-corrected chi connectivity index (χ2v) is 18.9. The van der Waals surface area contributed by atoms with Gasteiger partial charge >= 0.3 is 0 Å².